The maximum atomic E-state index is 15.6. The Hall–Kier alpha value is -4.37. The summed E-state index contributed by atoms with van der Waals surface area (Å²) < 4.78 is 198. The van der Waals surface area contributed by atoms with Gasteiger partial charge < -0.3 is 5.32 Å². The quantitative estimate of drug-likeness (QED) is 0.0873. The summed E-state index contributed by atoms with van der Waals surface area (Å²) in [6, 6.07) is 0.568. The summed E-state index contributed by atoms with van der Waals surface area (Å²) in [6.07, 6.45) is -9.20. The van der Waals surface area contributed by atoms with Crippen LogP contribution in [0.1, 0.15) is 88.0 Å². The van der Waals surface area contributed by atoms with E-state index >= 15 is 8.78 Å². The standard InChI is InChI=1S/C43H50ClF10N7O5S2/c1-20(21(2)23(4)44)22(3)34(31-17-32(59(7)68(9,65)66)57-61(31)19-41(47,48)49)36-29(10-11-40(5,6)67(8,63)64)56-37(36)30(14-24-12-25(45)15-26(46)13-24)55-33(62)18-60-39-35(38(58-60)43(52,53)54)27-16-28(27)42(39,50)51/h12-13,15,17,20-23,27-30,34,36H,14,16,18-19H2,1-9H3,(H,55,62)/t20-,21+,22-,23-,27-,28+,29?,30-,34-,36?/m0/s1. The monoisotopic (exact) mass is 1030 g/mol. The van der Waals surface area contributed by atoms with Crippen LogP contribution in [0.4, 0.5) is 49.7 Å². The van der Waals surface area contributed by atoms with Gasteiger partial charge in [0.15, 0.2) is 21.3 Å². The number of amides is 1. The highest BCUT2D eigenvalue weighted by Gasteiger charge is 2.68. The molecular weight excluding hydrogens is 984 g/mol. The third-order valence-corrected chi connectivity index (χ3v) is 17.1. The second kappa shape index (κ2) is 18.1. The number of nitrogens with one attached hydrogen (secondary N) is 1. The molecule has 0 radical (unpaired) electrons. The molecule has 2 aliphatic carbocycles. The number of aromatic nitrogens is 4. The molecule has 1 N–H and O–H groups in total. The molecule has 6 rings (SSSR count). The fourth-order valence-electron chi connectivity index (χ4n) is 9.04. The van der Waals surface area contributed by atoms with E-state index in [2.05, 4.69) is 32.3 Å². The summed E-state index contributed by atoms with van der Waals surface area (Å²) >= 11 is 6.57. The number of carbonyl (C=O) groups excluding carboxylic acids is 1. The second-order valence-electron chi connectivity index (χ2n) is 18.7. The number of rotatable bonds is 16. The number of anilines is 1. The largest absolute Gasteiger partial charge is 0.435 e. The minimum Gasteiger partial charge on any atom is -0.346 e. The molecule has 1 amide bonds. The van der Waals surface area contributed by atoms with Crippen molar-refractivity contribution < 1.29 is 65.5 Å². The lowest BCUT2D eigenvalue weighted by Gasteiger charge is -2.45. The van der Waals surface area contributed by atoms with Crippen molar-refractivity contribution in [2.45, 2.75) is 120 Å². The zero-order valence-electron chi connectivity index (χ0n) is 38.1. The normalized spacial score (nSPS) is 22.9. The van der Waals surface area contributed by atoms with Gasteiger partial charge in [-0.3, -0.25) is 23.5 Å². The van der Waals surface area contributed by atoms with Crippen molar-refractivity contribution in [3.8, 4) is 11.8 Å². The number of sulfone groups is 1. The number of aliphatic imine (C=N–C) groups is 1. The average Bonchev–Trinajstić information content (AvgIpc) is 3.64. The summed E-state index contributed by atoms with van der Waals surface area (Å²) in [5, 5.41) is 9.49. The molecule has 0 spiro atoms. The predicted octanol–water partition coefficient (Wildman–Crippen LogP) is 7.86. The zero-order chi connectivity index (χ0) is 51.2. The van der Waals surface area contributed by atoms with Crippen LogP contribution in [0, 0.1) is 53.1 Å². The minimum atomic E-state index is -5.17. The van der Waals surface area contributed by atoms with Crippen LogP contribution in [-0.2, 0) is 56.3 Å². The topological polar surface area (TPSA) is 149 Å². The van der Waals surface area contributed by atoms with E-state index in [0.29, 0.717) is 15.1 Å². The van der Waals surface area contributed by atoms with Gasteiger partial charge in [-0.05, 0) is 75.0 Å². The Morgan fingerprint density at radius 1 is 0.941 bits per heavy atom. The first-order valence-electron chi connectivity index (χ1n) is 21.3. The molecule has 1 fully saturated rings. The number of nitrogens with zero attached hydrogens (tertiary/aromatic N) is 6. The zero-order valence-corrected chi connectivity index (χ0v) is 40.5. The van der Waals surface area contributed by atoms with Gasteiger partial charge in [0.1, 0.15) is 41.2 Å². The molecule has 3 heterocycles. The van der Waals surface area contributed by atoms with E-state index in [1.807, 2.05) is 0 Å². The average molecular weight is 1030 g/mol. The molecule has 2 unspecified atom stereocenters. The van der Waals surface area contributed by atoms with Crippen molar-refractivity contribution in [1.29, 1.82) is 0 Å². The van der Waals surface area contributed by atoms with Crippen molar-refractivity contribution in [2.75, 3.05) is 23.9 Å². The molecule has 3 aliphatic rings. The van der Waals surface area contributed by atoms with Gasteiger partial charge in [0.25, 0.3) is 5.92 Å². The molecule has 12 nitrogen and oxygen atoms in total. The molecule has 1 aromatic carbocycles. The highest BCUT2D eigenvalue weighted by Crippen LogP contribution is 2.68. The van der Waals surface area contributed by atoms with Crippen LogP contribution in [-0.4, -0.2) is 96.0 Å². The highest BCUT2D eigenvalue weighted by molar-refractivity contribution is 7.92. The van der Waals surface area contributed by atoms with E-state index in [-0.39, 0.29) is 34.0 Å². The molecule has 25 heteroatoms. The van der Waals surface area contributed by atoms with Gasteiger partial charge in [0.05, 0.1) is 12.3 Å². The Morgan fingerprint density at radius 2 is 1.54 bits per heavy atom. The summed E-state index contributed by atoms with van der Waals surface area (Å²) in [6.45, 7) is 6.48. The van der Waals surface area contributed by atoms with Crippen LogP contribution < -0.4 is 9.62 Å². The Morgan fingerprint density at radius 3 is 2.07 bits per heavy atom. The van der Waals surface area contributed by atoms with Gasteiger partial charge >= 0.3 is 12.4 Å². The Kier molecular flexibility index (Phi) is 14.1. The number of fused-ring (bicyclic) bond motifs is 3. The smallest absolute Gasteiger partial charge is 0.346 e. The number of alkyl halides is 9. The number of sulfonamides is 1. The van der Waals surface area contributed by atoms with Gasteiger partial charge in [-0.25, -0.2) is 25.6 Å². The Labute approximate surface area is 392 Å². The van der Waals surface area contributed by atoms with Gasteiger partial charge in [-0.2, -0.15) is 45.3 Å². The van der Waals surface area contributed by atoms with Gasteiger partial charge in [0.2, 0.25) is 15.9 Å². The highest BCUT2D eigenvalue weighted by atomic mass is 35.5. The molecule has 3 aromatic rings. The van der Waals surface area contributed by atoms with Crippen LogP contribution in [0.25, 0.3) is 0 Å². The van der Waals surface area contributed by atoms with Crippen molar-refractivity contribution in [3.63, 3.8) is 0 Å². The van der Waals surface area contributed by atoms with Gasteiger partial charge in [0, 0.05) is 65.5 Å². The second-order valence-corrected chi connectivity index (χ2v) is 24.0. The molecule has 1 aliphatic heterocycles. The van der Waals surface area contributed by atoms with Crippen LogP contribution in [0.3, 0.4) is 0 Å². The van der Waals surface area contributed by atoms with E-state index in [9.17, 15) is 56.8 Å². The predicted molar refractivity (Wildman–Crippen MR) is 232 cm³/mol. The fraction of sp³-hybridized carbons (Fsp3) is 0.628. The maximum absolute atomic E-state index is 15.6. The van der Waals surface area contributed by atoms with E-state index in [1.54, 1.807) is 27.7 Å². The van der Waals surface area contributed by atoms with E-state index in [0.717, 1.165) is 37.8 Å². The SMILES string of the molecule is C[C@@H]([C@@H](C)[C@H](C)Cl)[C@H](C)[C@@H](c1cc(N(C)S(C)(=O)=O)nn1CC(F)(F)F)C1C([C@H](Cc2cc(F)cc(F)c2)NC(=O)Cn2nc(C(F)(F)F)c3c2C(F)(F)[C@@H]2C[C@H]32)=NC1C#CC(C)(C)S(C)(=O)=O. The molecule has 0 bridgehead atoms. The van der Waals surface area contributed by atoms with Crippen molar-refractivity contribution in [2.24, 2.45) is 34.6 Å². The first-order valence-corrected chi connectivity index (χ1v) is 25.4. The van der Waals surface area contributed by atoms with Crippen molar-refractivity contribution in [1.82, 2.24) is 24.9 Å². The van der Waals surface area contributed by atoms with Crippen LogP contribution in [0.15, 0.2) is 29.3 Å². The molecule has 10 atom stereocenters. The maximum Gasteiger partial charge on any atom is 0.435 e. The summed E-state index contributed by atoms with van der Waals surface area (Å²) in [5.74, 6) is -8.90. The Balaban J connectivity index is 1.57. The number of halogens is 11. The first-order chi connectivity index (χ1) is 30.9. The van der Waals surface area contributed by atoms with Gasteiger partial charge in [-0.15, -0.1) is 11.6 Å². The van der Waals surface area contributed by atoms with Crippen LogP contribution in [0.2, 0.25) is 0 Å². The van der Waals surface area contributed by atoms with E-state index in [4.69, 9.17) is 11.6 Å². The molecule has 1 saturated carbocycles. The van der Waals surface area contributed by atoms with E-state index < -0.39 is 156 Å². The van der Waals surface area contributed by atoms with Gasteiger partial charge in [-0.1, -0.05) is 32.6 Å². The number of hydrogen-bond donors (Lipinski definition) is 1. The number of hydrogen-bond acceptors (Lipinski definition) is 8. The fourth-order valence-corrected chi connectivity index (χ4v) is 9.95. The summed E-state index contributed by atoms with van der Waals surface area (Å²) in [4.78, 5) is 18.8. The molecular formula is C43H50ClF10N7O5S2. The third-order valence-electron chi connectivity index (χ3n) is 13.6. The first kappa shape index (κ1) is 53.0. The number of benzene rings is 1. The van der Waals surface area contributed by atoms with Crippen molar-refractivity contribution in [3.05, 3.63) is 64.1 Å². The lowest BCUT2D eigenvalue weighted by Crippen LogP contribution is -2.56. The molecule has 376 valence electrons. The van der Waals surface area contributed by atoms with Crippen LogP contribution >= 0.6 is 11.6 Å². The minimum absolute atomic E-state index is 0.110. The lowest BCUT2D eigenvalue weighted by atomic mass is 9.64. The van der Waals surface area contributed by atoms with E-state index in [1.165, 1.54) is 13.8 Å². The molecule has 68 heavy (non-hydrogen) atoms. The third kappa shape index (κ3) is 10.7. The Bertz CT molecular complexity index is 2760. The lowest BCUT2D eigenvalue weighted by molar-refractivity contribution is -0.143. The molecule has 0 saturated heterocycles. The van der Waals surface area contributed by atoms with Crippen molar-refractivity contribution >= 4 is 48.9 Å². The summed E-state index contributed by atoms with van der Waals surface area (Å²) in [5.41, 5.74) is -3.86. The van der Waals surface area contributed by atoms with Crippen LogP contribution in [0.5, 0.6) is 0 Å². The summed E-state index contributed by atoms with van der Waals surface area (Å²) in [7, 11) is -7.00. The molecule has 2 aromatic heterocycles. The number of carbonyl (C=O) groups is 1.